The minimum absolute atomic E-state index is 0.100. The van der Waals surface area contributed by atoms with Crippen LogP contribution in [0.3, 0.4) is 0 Å². The van der Waals surface area contributed by atoms with E-state index in [0.29, 0.717) is 19.4 Å². The number of aryl methyl sites for hydroxylation is 2. The summed E-state index contributed by atoms with van der Waals surface area (Å²) in [5.41, 5.74) is 8.41. The number of carbonyl (C=O) groups is 3. The van der Waals surface area contributed by atoms with E-state index in [2.05, 4.69) is 34.9 Å². The molecule has 0 spiro atoms. The third kappa shape index (κ3) is 7.77. The third-order valence-corrected chi connectivity index (χ3v) is 9.44. The molecule has 0 fully saturated rings. The quantitative estimate of drug-likeness (QED) is 0.186. The highest BCUT2D eigenvalue weighted by Crippen LogP contribution is 2.44. The average molecular weight is 676 g/mol. The summed E-state index contributed by atoms with van der Waals surface area (Å²) in [6, 6.07) is 26.1. The maximum atomic E-state index is 14.2. The summed E-state index contributed by atoms with van der Waals surface area (Å²) in [6.45, 7) is 9.77. The highest BCUT2D eigenvalue weighted by Gasteiger charge is 2.34. The maximum Gasteiger partial charge on any atom is 0.408 e. The van der Waals surface area contributed by atoms with Gasteiger partial charge in [0.1, 0.15) is 24.0 Å². The summed E-state index contributed by atoms with van der Waals surface area (Å²) in [5, 5.41) is 16.1. The molecule has 0 radical (unpaired) electrons. The van der Waals surface area contributed by atoms with E-state index in [1.165, 1.54) is 0 Å². The Morgan fingerprint density at radius 1 is 0.880 bits per heavy atom. The average Bonchev–Trinajstić information content (AvgIpc) is 3.31. The molecule has 0 bridgehead atoms. The SMILES string of the molecule is Cc1cc(O)cc(C)c1C[C@H](CN1Cc2ccccc2C[C@H](NC(=O)OC(C)(C)C)C1=O)NC(=O)OCC1c2ccccc2-c2ccccc21. The molecule has 0 saturated carbocycles. The molecule has 1 aliphatic carbocycles. The summed E-state index contributed by atoms with van der Waals surface area (Å²) in [5.74, 6) is -0.206. The lowest BCUT2D eigenvalue weighted by Gasteiger charge is -2.30. The lowest BCUT2D eigenvalue weighted by atomic mass is 9.95. The van der Waals surface area contributed by atoms with Gasteiger partial charge >= 0.3 is 12.2 Å². The van der Waals surface area contributed by atoms with Crippen molar-refractivity contribution in [2.24, 2.45) is 0 Å². The Morgan fingerprint density at radius 2 is 1.46 bits per heavy atom. The minimum atomic E-state index is -0.860. The van der Waals surface area contributed by atoms with Gasteiger partial charge in [-0.05, 0) is 103 Å². The summed E-state index contributed by atoms with van der Waals surface area (Å²) in [6.07, 6.45) is -0.556. The predicted octanol–water partition coefficient (Wildman–Crippen LogP) is 6.94. The second kappa shape index (κ2) is 14.3. The molecule has 9 heteroatoms. The molecule has 3 amide bonds. The molecule has 1 aliphatic heterocycles. The van der Waals surface area contributed by atoms with Gasteiger partial charge in [-0.2, -0.15) is 0 Å². The van der Waals surface area contributed by atoms with Gasteiger partial charge in [0.15, 0.2) is 0 Å². The number of rotatable bonds is 8. The normalized spacial score (nSPS) is 16.1. The zero-order chi connectivity index (χ0) is 35.6. The van der Waals surface area contributed by atoms with Crippen LogP contribution in [0.1, 0.15) is 65.6 Å². The number of phenols is 1. The Bertz CT molecular complexity index is 1850. The second-order valence-electron chi connectivity index (χ2n) is 14.3. The Labute approximate surface area is 293 Å². The molecule has 6 rings (SSSR count). The molecule has 50 heavy (non-hydrogen) atoms. The van der Waals surface area contributed by atoms with Crippen molar-refractivity contribution < 1.29 is 29.0 Å². The standard InChI is InChI=1S/C41H45N3O6/c1-25-18-30(45)19-26(2)35(25)21-29(42-39(47)49-24-36-33-16-10-8-14-31(33)32-15-9-11-17-34(32)36)23-44-22-28-13-7-6-12-27(28)20-37(38(44)46)43-40(48)50-41(3,4)5/h6-19,29,36-37,45H,20-24H2,1-5H3,(H,42,47)(H,43,48)/t29-,37+/m1/s1. The number of alkyl carbamates (subject to hydrolysis) is 2. The lowest BCUT2D eigenvalue weighted by Crippen LogP contribution is -2.53. The van der Waals surface area contributed by atoms with Crippen molar-refractivity contribution in [1.29, 1.82) is 0 Å². The number of phenolic OH excluding ortho intramolecular Hbond substituents is 1. The van der Waals surface area contributed by atoms with E-state index < -0.39 is 29.9 Å². The minimum Gasteiger partial charge on any atom is -0.508 e. The van der Waals surface area contributed by atoms with Gasteiger partial charge in [-0.3, -0.25) is 4.79 Å². The molecule has 4 aromatic rings. The van der Waals surface area contributed by atoms with Gasteiger partial charge in [-0.15, -0.1) is 0 Å². The van der Waals surface area contributed by atoms with Crippen LogP contribution in [-0.2, 0) is 33.7 Å². The summed E-state index contributed by atoms with van der Waals surface area (Å²) < 4.78 is 11.4. The van der Waals surface area contributed by atoms with Crippen molar-refractivity contribution in [2.75, 3.05) is 13.2 Å². The smallest absolute Gasteiger partial charge is 0.408 e. The topological polar surface area (TPSA) is 117 Å². The van der Waals surface area contributed by atoms with Gasteiger partial charge in [-0.1, -0.05) is 72.8 Å². The van der Waals surface area contributed by atoms with Crippen LogP contribution in [0, 0.1) is 13.8 Å². The van der Waals surface area contributed by atoms with Gasteiger partial charge in [0.05, 0.1) is 6.04 Å². The van der Waals surface area contributed by atoms with Crippen LogP contribution in [0.4, 0.5) is 9.59 Å². The molecule has 0 saturated heterocycles. The number of nitrogens with zero attached hydrogens (tertiary/aromatic N) is 1. The van der Waals surface area contributed by atoms with Crippen molar-refractivity contribution in [3.8, 4) is 16.9 Å². The number of benzene rings is 4. The third-order valence-electron chi connectivity index (χ3n) is 9.44. The lowest BCUT2D eigenvalue weighted by molar-refractivity contribution is -0.134. The molecule has 2 atom stereocenters. The van der Waals surface area contributed by atoms with Crippen molar-refractivity contribution in [1.82, 2.24) is 15.5 Å². The zero-order valence-corrected chi connectivity index (χ0v) is 29.3. The van der Waals surface area contributed by atoms with Gasteiger partial charge < -0.3 is 30.1 Å². The molecule has 9 nitrogen and oxygen atoms in total. The van der Waals surface area contributed by atoms with Crippen molar-refractivity contribution in [3.63, 3.8) is 0 Å². The van der Waals surface area contributed by atoms with Gasteiger partial charge in [0.25, 0.3) is 0 Å². The number of fused-ring (bicyclic) bond motifs is 4. The zero-order valence-electron chi connectivity index (χ0n) is 29.3. The van der Waals surface area contributed by atoms with Crippen molar-refractivity contribution in [2.45, 2.75) is 77.6 Å². The van der Waals surface area contributed by atoms with Crippen molar-refractivity contribution in [3.05, 3.63) is 124 Å². The largest absolute Gasteiger partial charge is 0.508 e. The fraction of sp³-hybridized carbons (Fsp3) is 0.341. The van der Waals surface area contributed by atoms with Gasteiger partial charge in [0, 0.05) is 25.4 Å². The van der Waals surface area contributed by atoms with E-state index in [-0.39, 0.29) is 30.7 Å². The van der Waals surface area contributed by atoms with E-state index >= 15 is 0 Å². The first kappa shape index (κ1) is 34.5. The molecule has 4 aromatic carbocycles. The highest BCUT2D eigenvalue weighted by atomic mass is 16.6. The van der Waals surface area contributed by atoms with E-state index in [4.69, 9.17) is 9.47 Å². The van der Waals surface area contributed by atoms with E-state index in [0.717, 1.165) is 50.1 Å². The first-order valence-corrected chi connectivity index (χ1v) is 17.1. The van der Waals surface area contributed by atoms with Crippen LogP contribution in [0.2, 0.25) is 0 Å². The predicted molar refractivity (Wildman–Crippen MR) is 192 cm³/mol. The summed E-state index contributed by atoms with van der Waals surface area (Å²) in [4.78, 5) is 42.3. The fourth-order valence-electron chi connectivity index (χ4n) is 7.21. The number of nitrogens with one attached hydrogen (secondary N) is 2. The van der Waals surface area contributed by atoms with Crippen molar-refractivity contribution >= 4 is 18.1 Å². The molecule has 260 valence electrons. The van der Waals surface area contributed by atoms with Crippen LogP contribution in [0.25, 0.3) is 11.1 Å². The number of hydrogen-bond acceptors (Lipinski definition) is 6. The second-order valence-corrected chi connectivity index (χ2v) is 14.3. The maximum absolute atomic E-state index is 14.2. The first-order chi connectivity index (χ1) is 23.9. The van der Waals surface area contributed by atoms with Gasteiger partial charge in [-0.25, -0.2) is 9.59 Å². The molecule has 0 aromatic heterocycles. The molecule has 2 aliphatic rings. The molecular weight excluding hydrogens is 630 g/mol. The number of amides is 3. The molecule has 0 unspecified atom stereocenters. The van der Waals surface area contributed by atoms with Crippen LogP contribution in [0.5, 0.6) is 5.75 Å². The first-order valence-electron chi connectivity index (χ1n) is 17.1. The Morgan fingerprint density at radius 3 is 2.08 bits per heavy atom. The van der Waals surface area contributed by atoms with Crippen LogP contribution in [0.15, 0.2) is 84.9 Å². The summed E-state index contributed by atoms with van der Waals surface area (Å²) in [7, 11) is 0. The van der Waals surface area contributed by atoms with E-state index in [1.54, 1.807) is 37.8 Å². The Hall–Kier alpha value is -5.31. The summed E-state index contributed by atoms with van der Waals surface area (Å²) >= 11 is 0. The monoisotopic (exact) mass is 675 g/mol. The van der Waals surface area contributed by atoms with Crippen LogP contribution in [-0.4, -0.2) is 58.9 Å². The Kier molecular flexibility index (Phi) is 9.86. The number of ether oxygens (including phenoxy) is 2. The number of hydrogen-bond donors (Lipinski definition) is 3. The highest BCUT2D eigenvalue weighted by molar-refractivity contribution is 5.87. The molecular formula is C41H45N3O6. The Balaban J connectivity index is 1.25. The number of aromatic hydroxyl groups is 1. The molecule has 1 heterocycles. The van der Waals surface area contributed by atoms with Gasteiger partial charge in [0.2, 0.25) is 5.91 Å². The fourth-order valence-corrected chi connectivity index (χ4v) is 7.21. The van der Waals surface area contributed by atoms with E-state index in [1.807, 2.05) is 62.4 Å². The van der Waals surface area contributed by atoms with E-state index in [9.17, 15) is 19.5 Å². The van der Waals surface area contributed by atoms with Crippen LogP contribution >= 0.6 is 0 Å². The number of carbonyl (C=O) groups excluding carboxylic acids is 3. The molecule has 3 N–H and O–H groups in total. The van der Waals surface area contributed by atoms with Crippen LogP contribution < -0.4 is 10.6 Å².